The van der Waals surface area contributed by atoms with E-state index in [2.05, 4.69) is 24.4 Å². The molecule has 0 saturated carbocycles. The van der Waals surface area contributed by atoms with E-state index in [1.54, 1.807) is 0 Å². The summed E-state index contributed by atoms with van der Waals surface area (Å²) in [5, 5.41) is 2.99. The van der Waals surface area contributed by atoms with E-state index in [0.29, 0.717) is 44.6 Å². The smallest absolute Gasteiger partial charge is 0.253 e. The van der Waals surface area contributed by atoms with Gasteiger partial charge in [0.1, 0.15) is 12.4 Å². The molecule has 2 aromatic rings. The van der Waals surface area contributed by atoms with Gasteiger partial charge in [0.05, 0.1) is 6.54 Å². The molecule has 5 nitrogen and oxygen atoms in total. The van der Waals surface area contributed by atoms with Gasteiger partial charge in [0.25, 0.3) is 5.91 Å². The molecule has 1 aliphatic heterocycles. The molecule has 2 amide bonds. The number of likely N-dealkylation sites (tertiary alicyclic amines) is 1. The number of nitrogens with one attached hydrogen (secondary N) is 1. The number of hydrogen-bond acceptors (Lipinski definition) is 3. The Bertz CT molecular complexity index is 874. The fraction of sp³-hybridized carbons (Fsp3) is 0.440. The summed E-state index contributed by atoms with van der Waals surface area (Å²) in [6, 6.07) is 11.9. The van der Waals surface area contributed by atoms with Gasteiger partial charge >= 0.3 is 0 Å². The molecule has 1 heterocycles. The zero-order chi connectivity index (χ0) is 21.7. The molecule has 0 radical (unpaired) electrons. The summed E-state index contributed by atoms with van der Waals surface area (Å²) >= 11 is 0. The van der Waals surface area contributed by atoms with E-state index in [-0.39, 0.29) is 17.7 Å². The Morgan fingerprint density at radius 1 is 0.967 bits per heavy atom. The molecule has 160 valence electrons. The van der Waals surface area contributed by atoms with Gasteiger partial charge in [-0.05, 0) is 63.8 Å². The van der Waals surface area contributed by atoms with Crippen LogP contribution in [0.2, 0.25) is 0 Å². The van der Waals surface area contributed by atoms with E-state index >= 15 is 0 Å². The lowest BCUT2D eigenvalue weighted by Gasteiger charge is -2.31. The predicted molar refractivity (Wildman–Crippen MR) is 119 cm³/mol. The van der Waals surface area contributed by atoms with Crippen LogP contribution in [0.1, 0.15) is 45.5 Å². The van der Waals surface area contributed by atoms with Gasteiger partial charge in [-0.2, -0.15) is 0 Å². The highest BCUT2D eigenvalue weighted by atomic mass is 16.5. The van der Waals surface area contributed by atoms with Crippen molar-refractivity contribution in [2.24, 2.45) is 5.92 Å². The molecule has 1 saturated heterocycles. The van der Waals surface area contributed by atoms with Crippen LogP contribution in [0.25, 0.3) is 0 Å². The van der Waals surface area contributed by atoms with Crippen LogP contribution in [0.5, 0.6) is 5.75 Å². The van der Waals surface area contributed by atoms with E-state index in [4.69, 9.17) is 4.74 Å². The Hall–Kier alpha value is -2.82. The SMILES string of the molecule is Cc1ccc(C(=O)N2CCC(C(=O)NCCOc3c(C)cc(C)cc3C)CC2)cc1. The number of nitrogens with zero attached hydrogens (tertiary/aromatic N) is 1. The number of aryl methyl sites for hydroxylation is 4. The fourth-order valence-corrected chi connectivity index (χ4v) is 4.09. The number of ether oxygens (including phenoxy) is 1. The summed E-state index contributed by atoms with van der Waals surface area (Å²) in [4.78, 5) is 27.0. The third kappa shape index (κ3) is 5.41. The first-order valence-electron chi connectivity index (χ1n) is 10.7. The predicted octanol–water partition coefficient (Wildman–Crippen LogP) is 3.97. The lowest BCUT2D eigenvalue weighted by Crippen LogP contribution is -2.43. The molecule has 0 aromatic heterocycles. The number of hydrogen-bond donors (Lipinski definition) is 1. The molecule has 2 aromatic carbocycles. The molecule has 5 heteroatoms. The highest BCUT2D eigenvalue weighted by Gasteiger charge is 2.27. The van der Waals surface area contributed by atoms with Gasteiger partial charge in [-0.1, -0.05) is 35.4 Å². The summed E-state index contributed by atoms with van der Waals surface area (Å²) in [5.74, 6) is 0.956. The summed E-state index contributed by atoms with van der Waals surface area (Å²) in [7, 11) is 0. The number of carbonyl (C=O) groups is 2. The van der Waals surface area contributed by atoms with Gasteiger partial charge in [0.2, 0.25) is 5.91 Å². The third-order valence-corrected chi connectivity index (χ3v) is 5.70. The topological polar surface area (TPSA) is 58.6 Å². The van der Waals surface area contributed by atoms with E-state index < -0.39 is 0 Å². The third-order valence-electron chi connectivity index (χ3n) is 5.70. The Morgan fingerprint density at radius 3 is 2.17 bits per heavy atom. The van der Waals surface area contributed by atoms with Gasteiger partial charge in [-0.25, -0.2) is 0 Å². The minimum atomic E-state index is -0.0464. The average molecular weight is 409 g/mol. The van der Waals surface area contributed by atoms with Gasteiger partial charge < -0.3 is 15.0 Å². The van der Waals surface area contributed by atoms with E-state index in [0.717, 1.165) is 22.4 Å². The molecule has 0 unspecified atom stereocenters. The standard InChI is InChI=1S/C25H32N2O3/c1-17-5-7-22(8-6-17)25(29)27-12-9-21(10-13-27)24(28)26-11-14-30-23-19(3)15-18(2)16-20(23)4/h5-8,15-16,21H,9-14H2,1-4H3,(H,26,28). The van der Waals surface area contributed by atoms with E-state index in [1.165, 1.54) is 5.56 Å². The van der Waals surface area contributed by atoms with Crippen LogP contribution in [0.15, 0.2) is 36.4 Å². The van der Waals surface area contributed by atoms with Crippen molar-refractivity contribution in [3.63, 3.8) is 0 Å². The first-order chi connectivity index (χ1) is 14.3. The quantitative estimate of drug-likeness (QED) is 0.736. The lowest BCUT2D eigenvalue weighted by molar-refractivity contribution is -0.126. The Morgan fingerprint density at radius 2 is 1.57 bits per heavy atom. The zero-order valence-electron chi connectivity index (χ0n) is 18.5. The van der Waals surface area contributed by atoms with Crippen molar-refractivity contribution in [3.05, 3.63) is 64.2 Å². The Labute approximate surface area is 179 Å². The van der Waals surface area contributed by atoms with E-state index in [1.807, 2.05) is 49.9 Å². The molecule has 0 spiro atoms. The lowest BCUT2D eigenvalue weighted by atomic mass is 9.95. The maximum atomic E-state index is 12.6. The highest BCUT2D eigenvalue weighted by Crippen LogP contribution is 2.24. The van der Waals surface area contributed by atoms with Crippen molar-refractivity contribution in [1.29, 1.82) is 0 Å². The molecular weight excluding hydrogens is 376 g/mol. The molecule has 3 rings (SSSR count). The summed E-state index contributed by atoms with van der Waals surface area (Å²) in [6.07, 6.45) is 1.39. The molecule has 1 fully saturated rings. The van der Waals surface area contributed by atoms with Crippen molar-refractivity contribution < 1.29 is 14.3 Å². The fourth-order valence-electron chi connectivity index (χ4n) is 4.09. The molecule has 0 bridgehead atoms. The van der Waals surface area contributed by atoms with Crippen LogP contribution in [0.3, 0.4) is 0 Å². The molecule has 0 atom stereocenters. The van der Waals surface area contributed by atoms with Crippen molar-refractivity contribution in [2.45, 2.75) is 40.5 Å². The summed E-state index contributed by atoms with van der Waals surface area (Å²) < 4.78 is 5.90. The van der Waals surface area contributed by atoms with Crippen molar-refractivity contribution in [2.75, 3.05) is 26.2 Å². The average Bonchev–Trinajstić information content (AvgIpc) is 2.72. The molecular formula is C25H32N2O3. The van der Waals surface area contributed by atoms with E-state index in [9.17, 15) is 9.59 Å². The summed E-state index contributed by atoms with van der Waals surface area (Å²) in [6.45, 7) is 10.3. The highest BCUT2D eigenvalue weighted by molar-refractivity contribution is 5.94. The van der Waals surface area contributed by atoms with Crippen LogP contribution in [-0.2, 0) is 4.79 Å². The van der Waals surface area contributed by atoms with Crippen LogP contribution in [0, 0.1) is 33.6 Å². The first kappa shape index (κ1) is 21.9. The number of piperidine rings is 1. The molecule has 1 N–H and O–H groups in total. The largest absolute Gasteiger partial charge is 0.491 e. The van der Waals surface area contributed by atoms with Crippen LogP contribution < -0.4 is 10.1 Å². The number of carbonyl (C=O) groups excluding carboxylic acids is 2. The van der Waals surface area contributed by atoms with Gasteiger partial charge in [0, 0.05) is 24.6 Å². The first-order valence-corrected chi connectivity index (χ1v) is 10.7. The maximum absolute atomic E-state index is 12.6. The Kier molecular flexibility index (Phi) is 7.14. The van der Waals surface area contributed by atoms with Crippen LogP contribution in [-0.4, -0.2) is 43.0 Å². The van der Waals surface area contributed by atoms with Gasteiger partial charge in [0.15, 0.2) is 0 Å². The zero-order valence-corrected chi connectivity index (χ0v) is 18.5. The molecule has 30 heavy (non-hydrogen) atoms. The van der Waals surface area contributed by atoms with Crippen molar-refractivity contribution in [1.82, 2.24) is 10.2 Å². The Balaban J connectivity index is 1.41. The number of rotatable bonds is 6. The second-order valence-electron chi connectivity index (χ2n) is 8.30. The van der Waals surface area contributed by atoms with Gasteiger partial charge in [-0.3, -0.25) is 9.59 Å². The minimum absolute atomic E-state index is 0.0464. The normalized spacial score (nSPS) is 14.5. The summed E-state index contributed by atoms with van der Waals surface area (Å²) in [5.41, 5.74) is 5.30. The molecule has 1 aliphatic rings. The van der Waals surface area contributed by atoms with Crippen molar-refractivity contribution in [3.8, 4) is 5.75 Å². The van der Waals surface area contributed by atoms with Crippen molar-refractivity contribution >= 4 is 11.8 Å². The van der Waals surface area contributed by atoms with Gasteiger partial charge in [-0.15, -0.1) is 0 Å². The second kappa shape index (κ2) is 9.79. The number of amides is 2. The van der Waals surface area contributed by atoms with Crippen LogP contribution in [0.4, 0.5) is 0 Å². The monoisotopic (exact) mass is 408 g/mol. The number of benzene rings is 2. The van der Waals surface area contributed by atoms with Crippen LogP contribution >= 0.6 is 0 Å². The second-order valence-corrected chi connectivity index (χ2v) is 8.30. The minimum Gasteiger partial charge on any atom is -0.491 e. The molecule has 0 aliphatic carbocycles. The maximum Gasteiger partial charge on any atom is 0.253 e.